The van der Waals surface area contributed by atoms with E-state index in [1.54, 1.807) is 0 Å². The van der Waals surface area contributed by atoms with E-state index in [1.165, 1.54) is 13.8 Å². The van der Waals surface area contributed by atoms with Gasteiger partial charge >= 0.3 is 47.6 Å². The molecule has 0 unspecified atom stereocenters. The van der Waals surface area contributed by atoms with E-state index in [0.717, 1.165) is 0 Å². The van der Waals surface area contributed by atoms with E-state index < -0.39 is 66.6 Å². The second kappa shape index (κ2) is 11.4. The van der Waals surface area contributed by atoms with E-state index in [0.29, 0.717) is 12.8 Å². The summed E-state index contributed by atoms with van der Waals surface area (Å²) in [5, 5.41) is 0. The van der Waals surface area contributed by atoms with Crippen molar-refractivity contribution in [2.24, 2.45) is 0 Å². The molecule has 0 atom stereocenters. The molecule has 0 radical (unpaired) electrons. The summed E-state index contributed by atoms with van der Waals surface area (Å²) in [5.74, 6) is -61.0. The second-order valence-electron chi connectivity index (χ2n) is 8.22. The quantitative estimate of drug-likeness (QED) is 0.137. The van der Waals surface area contributed by atoms with Crippen LogP contribution in [0.5, 0.6) is 0 Å². The van der Waals surface area contributed by atoms with Gasteiger partial charge in [-0.3, -0.25) is 4.79 Å². The molecule has 228 valence electrons. The van der Waals surface area contributed by atoms with Crippen molar-refractivity contribution in [1.82, 2.24) is 4.90 Å². The SMILES string of the molecule is CCCCCN(CCCCC)C(=O)C(F)(F)C(F)(F)C(F)(F)C(F)(F)C(F)(F)C(F)(F)C(F)(F)C(F)(F)F. The summed E-state index contributed by atoms with van der Waals surface area (Å²) in [6, 6.07) is 0. The molecule has 0 aliphatic rings. The van der Waals surface area contributed by atoms with Crippen molar-refractivity contribution in [1.29, 1.82) is 0 Å². The van der Waals surface area contributed by atoms with Gasteiger partial charge in [-0.2, -0.15) is 74.6 Å². The molecule has 38 heavy (non-hydrogen) atoms. The van der Waals surface area contributed by atoms with Crippen molar-refractivity contribution in [3.63, 3.8) is 0 Å². The first-order valence-corrected chi connectivity index (χ1v) is 10.7. The smallest absolute Gasteiger partial charge is 0.337 e. The highest BCUT2D eigenvalue weighted by Crippen LogP contribution is 2.64. The largest absolute Gasteiger partial charge is 0.460 e. The van der Waals surface area contributed by atoms with Crippen LogP contribution in [0.2, 0.25) is 0 Å². The summed E-state index contributed by atoms with van der Waals surface area (Å²) in [5.41, 5.74) is 0. The lowest BCUT2D eigenvalue weighted by atomic mass is 9.88. The van der Waals surface area contributed by atoms with Crippen LogP contribution in [0.25, 0.3) is 0 Å². The Morgan fingerprint density at radius 2 is 0.763 bits per heavy atom. The summed E-state index contributed by atoms with van der Waals surface area (Å²) in [4.78, 5) is 11.8. The number of rotatable bonds is 15. The molecule has 0 aliphatic carbocycles. The molecular weight excluding hydrogens is 581 g/mol. The molecular formula is C19H22F17NO. The molecule has 2 nitrogen and oxygen atoms in total. The van der Waals surface area contributed by atoms with Gasteiger partial charge in [0.05, 0.1) is 0 Å². The maximum Gasteiger partial charge on any atom is 0.460 e. The molecule has 0 saturated heterocycles. The van der Waals surface area contributed by atoms with E-state index in [9.17, 15) is 79.4 Å². The molecule has 0 aromatic heterocycles. The predicted molar refractivity (Wildman–Crippen MR) is 96.3 cm³/mol. The van der Waals surface area contributed by atoms with E-state index >= 15 is 0 Å². The minimum Gasteiger partial charge on any atom is -0.337 e. The summed E-state index contributed by atoms with van der Waals surface area (Å²) in [6.07, 6.45) is -7.31. The molecule has 0 saturated carbocycles. The Bertz CT molecular complexity index is 781. The Labute approximate surface area is 204 Å². The standard InChI is InChI=1S/C19H22F17NO/c1-3-5-7-9-37(10-8-6-4-2)11(38)12(20,21)13(22,23)14(24,25)15(26,27)16(28,29)17(30,31)18(32,33)19(34,35)36/h3-10H2,1-2H3. The van der Waals surface area contributed by atoms with Crippen LogP contribution >= 0.6 is 0 Å². The zero-order valence-electron chi connectivity index (χ0n) is 19.4. The molecule has 19 heteroatoms. The Balaban J connectivity index is 6.67. The highest BCUT2D eigenvalue weighted by molar-refractivity contribution is 5.85. The van der Waals surface area contributed by atoms with Crippen LogP contribution in [0.4, 0.5) is 74.6 Å². The monoisotopic (exact) mass is 603 g/mol. The van der Waals surface area contributed by atoms with Crippen LogP contribution in [0.1, 0.15) is 52.4 Å². The summed E-state index contributed by atoms with van der Waals surface area (Å²) in [7, 11) is 0. The van der Waals surface area contributed by atoms with E-state index in [-0.39, 0.29) is 30.6 Å². The van der Waals surface area contributed by atoms with Gasteiger partial charge in [-0.25, -0.2) is 0 Å². The van der Waals surface area contributed by atoms with Crippen LogP contribution in [-0.4, -0.2) is 71.5 Å². The lowest BCUT2D eigenvalue weighted by molar-refractivity contribution is -0.459. The average molecular weight is 603 g/mol. The lowest BCUT2D eigenvalue weighted by Gasteiger charge is -2.43. The number of alkyl halides is 17. The lowest BCUT2D eigenvalue weighted by Crippen LogP contribution is -2.75. The fraction of sp³-hybridized carbons (Fsp3) is 0.947. The van der Waals surface area contributed by atoms with Crippen molar-refractivity contribution in [2.75, 3.05) is 13.1 Å². The van der Waals surface area contributed by atoms with Gasteiger partial charge in [-0.1, -0.05) is 39.5 Å². The normalized spacial score (nSPS) is 15.1. The van der Waals surface area contributed by atoms with Gasteiger partial charge in [0.25, 0.3) is 5.91 Å². The van der Waals surface area contributed by atoms with E-state index in [1.807, 2.05) is 0 Å². The number of unbranched alkanes of at least 4 members (excludes halogenated alkanes) is 4. The fourth-order valence-corrected chi connectivity index (χ4v) is 2.92. The minimum atomic E-state index is -8.72. The minimum absolute atomic E-state index is 0.141. The van der Waals surface area contributed by atoms with Crippen LogP contribution in [-0.2, 0) is 4.79 Å². The van der Waals surface area contributed by atoms with Gasteiger partial charge in [0.15, 0.2) is 0 Å². The first kappa shape index (κ1) is 36.3. The summed E-state index contributed by atoms with van der Waals surface area (Å²) < 4.78 is 228. The Morgan fingerprint density at radius 1 is 0.474 bits per heavy atom. The van der Waals surface area contributed by atoms with Gasteiger partial charge in [0.1, 0.15) is 0 Å². The molecule has 0 aliphatic heterocycles. The average Bonchev–Trinajstić information content (AvgIpc) is 2.76. The number of hydrogen-bond donors (Lipinski definition) is 0. The first-order chi connectivity index (χ1) is 16.7. The van der Waals surface area contributed by atoms with Crippen molar-refractivity contribution in [3.8, 4) is 0 Å². The van der Waals surface area contributed by atoms with E-state index in [4.69, 9.17) is 0 Å². The van der Waals surface area contributed by atoms with Gasteiger partial charge in [-0.15, -0.1) is 0 Å². The third kappa shape index (κ3) is 5.75. The third-order valence-electron chi connectivity index (χ3n) is 5.34. The Kier molecular flexibility index (Phi) is 10.9. The zero-order chi connectivity index (χ0) is 30.8. The van der Waals surface area contributed by atoms with Gasteiger partial charge < -0.3 is 4.90 Å². The van der Waals surface area contributed by atoms with Crippen molar-refractivity contribution >= 4 is 5.91 Å². The number of amides is 1. The molecule has 0 N–H and O–H groups in total. The van der Waals surface area contributed by atoms with Gasteiger partial charge in [0, 0.05) is 13.1 Å². The number of nitrogens with zero attached hydrogens (tertiary/aromatic N) is 1. The number of hydrogen-bond acceptors (Lipinski definition) is 1. The van der Waals surface area contributed by atoms with Crippen LogP contribution in [0.3, 0.4) is 0 Å². The van der Waals surface area contributed by atoms with Crippen LogP contribution in [0, 0.1) is 0 Å². The zero-order valence-corrected chi connectivity index (χ0v) is 19.4. The maximum absolute atomic E-state index is 14.3. The molecule has 0 fully saturated rings. The van der Waals surface area contributed by atoms with Crippen molar-refractivity contribution in [2.45, 2.75) is 100 Å². The molecule has 1 amide bonds. The predicted octanol–water partition coefficient (Wildman–Crippen LogP) is 8.20. The van der Waals surface area contributed by atoms with Gasteiger partial charge in [-0.05, 0) is 12.8 Å². The highest BCUT2D eigenvalue weighted by Gasteiger charge is 2.95. The topological polar surface area (TPSA) is 20.3 Å². The molecule has 0 bridgehead atoms. The number of halogens is 17. The number of carbonyl (C=O) groups is 1. The van der Waals surface area contributed by atoms with Crippen LogP contribution in [0.15, 0.2) is 0 Å². The van der Waals surface area contributed by atoms with Crippen LogP contribution < -0.4 is 0 Å². The summed E-state index contributed by atoms with van der Waals surface area (Å²) in [6.45, 7) is 1.37. The first-order valence-electron chi connectivity index (χ1n) is 10.7. The number of carbonyl (C=O) groups excluding carboxylic acids is 1. The van der Waals surface area contributed by atoms with Gasteiger partial charge in [0.2, 0.25) is 0 Å². The second-order valence-corrected chi connectivity index (χ2v) is 8.22. The molecule has 0 spiro atoms. The fourth-order valence-electron chi connectivity index (χ4n) is 2.92. The van der Waals surface area contributed by atoms with E-state index in [2.05, 4.69) is 0 Å². The molecule has 0 aromatic carbocycles. The highest BCUT2D eigenvalue weighted by atomic mass is 19.4. The maximum atomic E-state index is 14.3. The molecule has 0 aromatic rings. The Hall–Kier alpha value is -1.72. The molecule has 0 rings (SSSR count). The van der Waals surface area contributed by atoms with Crippen molar-refractivity contribution < 1.29 is 79.4 Å². The van der Waals surface area contributed by atoms with Crippen molar-refractivity contribution in [3.05, 3.63) is 0 Å². The molecule has 0 heterocycles. The summed E-state index contributed by atoms with van der Waals surface area (Å²) >= 11 is 0. The Morgan fingerprint density at radius 3 is 1.05 bits per heavy atom. The third-order valence-corrected chi connectivity index (χ3v) is 5.34.